The quantitative estimate of drug-likeness (QED) is 0.717. The molecule has 0 bridgehead atoms. The summed E-state index contributed by atoms with van der Waals surface area (Å²) in [6.45, 7) is 4.25. The molecular formula is C11H17ClN+. The molecule has 0 aliphatic rings. The van der Waals surface area contributed by atoms with Gasteiger partial charge in [0.05, 0.1) is 5.88 Å². The minimum Gasteiger partial charge on any atom is -0.354 e. The second-order valence-corrected chi connectivity index (χ2v) is 3.96. The summed E-state index contributed by atoms with van der Waals surface area (Å²) in [6.07, 6.45) is 0.982. The molecular weight excluding hydrogens is 182 g/mol. The number of aryl methyl sites for hydroxylation is 2. The second-order valence-electron chi connectivity index (χ2n) is 3.65. The summed E-state index contributed by atoms with van der Waals surface area (Å²) in [4.78, 5) is 0. The molecule has 0 fully saturated rings. The number of rotatable bonds is 3. The molecule has 0 aromatic heterocycles. The molecule has 0 spiro atoms. The van der Waals surface area contributed by atoms with Gasteiger partial charge in [0.15, 0.2) is 0 Å². The molecule has 1 atom stereocenters. The van der Waals surface area contributed by atoms with Gasteiger partial charge >= 0.3 is 0 Å². The summed E-state index contributed by atoms with van der Waals surface area (Å²) in [5.74, 6) is 0.632. The molecule has 0 aliphatic carbocycles. The van der Waals surface area contributed by atoms with E-state index in [0.717, 1.165) is 6.42 Å². The molecule has 0 unspecified atom stereocenters. The molecule has 1 aromatic carbocycles. The van der Waals surface area contributed by atoms with Crippen molar-refractivity contribution in [3.8, 4) is 0 Å². The lowest BCUT2D eigenvalue weighted by Crippen LogP contribution is -2.63. The number of hydrogen-bond donors (Lipinski definition) is 1. The Balaban J connectivity index is 2.77. The van der Waals surface area contributed by atoms with Gasteiger partial charge in [0.2, 0.25) is 0 Å². The van der Waals surface area contributed by atoms with Crippen LogP contribution in [0.25, 0.3) is 0 Å². The summed E-state index contributed by atoms with van der Waals surface area (Å²) in [5.41, 5.74) is 8.01. The molecule has 0 saturated carbocycles. The highest BCUT2D eigenvalue weighted by atomic mass is 35.5. The molecule has 0 radical (unpaired) electrons. The lowest BCUT2D eigenvalue weighted by molar-refractivity contribution is -0.411. The zero-order valence-corrected chi connectivity index (χ0v) is 9.06. The first-order valence-electron chi connectivity index (χ1n) is 4.58. The van der Waals surface area contributed by atoms with E-state index in [0.29, 0.717) is 11.9 Å². The Morgan fingerprint density at radius 3 is 2.62 bits per heavy atom. The first-order valence-corrected chi connectivity index (χ1v) is 5.12. The highest BCUT2D eigenvalue weighted by molar-refractivity contribution is 6.18. The van der Waals surface area contributed by atoms with Crippen LogP contribution < -0.4 is 5.73 Å². The van der Waals surface area contributed by atoms with E-state index in [9.17, 15) is 0 Å². The van der Waals surface area contributed by atoms with Gasteiger partial charge in [-0.05, 0) is 25.0 Å². The standard InChI is InChI=1S/C11H16ClN/c1-8-3-4-10(9(2)5-8)6-11(13)7-12/h3-5,11H,6-7,13H2,1-2H3/p+1/t11-/m0/s1. The Labute approximate surface area is 84.9 Å². The molecule has 0 amide bonds. The molecule has 0 saturated heterocycles. The van der Waals surface area contributed by atoms with Crippen LogP contribution in [0.3, 0.4) is 0 Å². The van der Waals surface area contributed by atoms with Gasteiger partial charge in [-0.15, -0.1) is 11.6 Å². The van der Waals surface area contributed by atoms with Crippen LogP contribution in [0.4, 0.5) is 0 Å². The first kappa shape index (κ1) is 10.6. The van der Waals surface area contributed by atoms with Gasteiger partial charge in [-0.1, -0.05) is 23.8 Å². The minimum atomic E-state index is 0.322. The molecule has 2 heteroatoms. The third kappa shape index (κ3) is 3.02. The molecule has 1 rings (SSSR count). The molecule has 3 N–H and O–H groups in total. The van der Waals surface area contributed by atoms with Crippen LogP contribution in [0.15, 0.2) is 18.2 Å². The van der Waals surface area contributed by atoms with E-state index in [2.05, 4.69) is 37.8 Å². The Bertz CT molecular complexity index is 283. The second kappa shape index (κ2) is 4.64. The summed E-state index contributed by atoms with van der Waals surface area (Å²) in [7, 11) is 0. The van der Waals surface area contributed by atoms with Crippen LogP contribution in [0, 0.1) is 13.8 Å². The predicted octanol–water partition coefficient (Wildman–Crippen LogP) is 1.70. The molecule has 0 aliphatic heterocycles. The van der Waals surface area contributed by atoms with Crippen molar-refractivity contribution in [1.82, 2.24) is 0 Å². The summed E-state index contributed by atoms with van der Waals surface area (Å²) >= 11 is 5.72. The van der Waals surface area contributed by atoms with E-state index in [1.54, 1.807) is 0 Å². The Morgan fingerprint density at radius 1 is 1.38 bits per heavy atom. The smallest absolute Gasteiger partial charge is 0.102 e. The fourth-order valence-electron chi connectivity index (χ4n) is 1.44. The normalized spacial score (nSPS) is 12.9. The van der Waals surface area contributed by atoms with Crippen molar-refractivity contribution in [2.24, 2.45) is 0 Å². The number of quaternary nitrogens is 1. The van der Waals surface area contributed by atoms with E-state index in [-0.39, 0.29) is 0 Å². The minimum absolute atomic E-state index is 0.322. The van der Waals surface area contributed by atoms with Crippen LogP contribution in [0.1, 0.15) is 16.7 Å². The highest BCUT2D eigenvalue weighted by Gasteiger charge is 2.07. The van der Waals surface area contributed by atoms with Crippen LogP contribution in [0.2, 0.25) is 0 Å². The topological polar surface area (TPSA) is 27.6 Å². The van der Waals surface area contributed by atoms with E-state index in [4.69, 9.17) is 11.6 Å². The van der Waals surface area contributed by atoms with Gasteiger partial charge in [0.25, 0.3) is 0 Å². The Hall–Kier alpha value is -0.530. The van der Waals surface area contributed by atoms with Crippen LogP contribution >= 0.6 is 11.6 Å². The SMILES string of the molecule is Cc1ccc(C[C@H]([NH3+])CCl)c(C)c1. The van der Waals surface area contributed by atoms with E-state index in [1.807, 2.05) is 0 Å². The first-order chi connectivity index (χ1) is 6.13. The summed E-state index contributed by atoms with van der Waals surface area (Å²) in [5, 5.41) is 0. The van der Waals surface area contributed by atoms with E-state index >= 15 is 0 Å². The van der Waals surface area contributed by atoms with Crippen molar-refractivity contribution < 1.29 is 5.73 Å². The zero-order valence-electron chi connectivity index (χ0n) is 8.31. The van der Waals surface area contributed by atoms with Gasteiger partial charge < -0.3 is 5.73 Å². The van der Waals surface area contributed by atoms with Gasteiger partial charge in [-0.25, -0.2) is 0 Å². The maximum atomic E-state index is 5.72. The third-order valence-electron chi connectivity index (χ3n) is 2.22. The fraction of sp³-hybridized carbons (Fsp3) is 0.455. The maximum absolute atomic E-state index is 5.72. The Morgan fingerprint density at radius 2 is 2.08 bits per heavy atom. The van der Waals surface area contributed by atoms with Gasteiger partial charge in [0.1, 0.15) is 6.04 Å². The largest absolute Gasteiger partial charge is 0.354 e. The zero-order chi connectivity index (χ0) is 9.84. The third-order valence-corrected chi connectivity index (χ3v) is 2.66. The van der Waals surface area contributed by atoms with E-state index < -0.39 is 0 Å². The van der Waals surface area contributed by atoms with Crippen molar-refractivity contribution in [3.05, 3.63) is 34.9 Å². The van der Waals surface area contributed by atoms with Gasteiger partial charge in [-0.3, -0.25) is 0 Å². The predicted molar refractivity (Wildman–Crippen MR) is 57.0 cm³/mol. The number of alkyl halides is 1. The van der Waals surface area contributed by atoms with Crippen molar-refractivity contribution in [2.45, 2.75) is 26.3 Å². The molecule has 0 heterocycles. The summed E-state index contributed by atoms with van der Waals surface area (Å²) < 4.78 is 0. The van der Waals surface area contributed by atoms with Crippen LogP contribution in [0.5, 0.6) is 0 Å². The maximum Gasteiger partial charge on any atom is 0.102 e. The number of halogens is 1. The van der Waals surface area contributed by atoms with Crippen LogP contribution in [-0.2, 0) is 6.42 Å². The molecule has 72 valence electrons. The molecule has 1 nitrogen and oxygen atoms in total. The lowest BCUT2D eigenvalue weighted by Gasteiger charge is -2.08. The summed E-state index contributed by atoms with van der Waals surface area (Å²) in [6, 6.07) is 6.85. The lowest BCUT2D eigenvalue weighted by atomic mass is 10.0. The van der Waals surface area contributed by atoms with Crippen molar-refractivity contribution in [3.63, 3.8) is 0 Å². The average Bonchev–Trinajstić information content (AvgIpc) is 2.09. The molecule has 1 aromatic rings. The van der Waals surface area contributed by atoms with Gasteiger partial charge in [0, 0.05) is 6.42 Å². The fourth-order valence-corrected chi connectivity index (χ4v) is 1.55. The number of benzene rings is 1. The Kier molecular flexibility index (Phi) is 3.76. The van der Waals surface area contributed by atoms with Gasteiger partial charge in [-0.2, -0.15) is 0 Å². The average molecular weight is 199 g/mol. The number of hydrogen-bond acceptors (Lipinski definition) is 0. The van der Waals surface area contributed by atoms with Crippen molar-refractivity contribution in [2.75, 3.05) is 5.88 Å². The van der Waals surface area contributed by atoms with Crippen LogP contribution in [-0.4, -0.2) is 11.9 Å². The highest BCUT2D eigenvalue weighted by Crippen LogP contribution is 2.11. The monoisotopic (exact) mass is 198 g/mol. The van der Waals surface area contributed by atoms with Crippen molar-refractivity contribution >= 4 is 11.6 Å². The molecule has 13 heavy (non-hydrogen) atoms. The van der Waals surface area contributed by atoms with Crippen molar-refractivity contribution in [1.29, 1.82) is 0 Å². The van der Waals surface area contributed by atoms with E-state index in [1.165, 1.54) is 16.7 Å².